The SMILES string of the molecule is COc1ccc2c(c1)C(C(=O)O)OC21CCN(Cc2ccccc2)CC1. The Morgan fingerprint density at radius 2 is 1.96 bits per heavy atom. The topological polar surface area (TPSA) is 59.0 Å². The minimum atomic E-state index is -0.942. The Morgan fingerprint density at radius 3 is 2.62 bits per heavy atom. The van der Waals surface area contributed by atoms with Crippen LogP contribution in [0.15, 0.2) is 48.5 Å². The molecule has 26 heavy (non-hydrogen) atoms. The Hall–Kier alpha value is -2.37. The molecule has 2 aromatic rings. The fourth-order valence-corrected chi connectivity index (χ4v) is 4.14. The van der Waals surface area contributed by atoms with E-state index in [1.807, 2.05) is 18.2 Å². The minimum Gasteiger partial charge on any atom is -0.497 e. The molecule has 1 N–H and O–H groups in total. The highest BCUT2D eigenvalue weighted by Gasteiger charge is 2.49. The van der Waals surface area contributed by atoms with Crippen molar-refractivity contribution in [2.45, 2.75) is 31.1 Å². The summed E-state index contributed by atoms with van der Waals surface area (Å²) in [4.78, 5) is 14.1. The van der Waals surface area contributed by atoms with Crippen LogP contribution in [0.5, 0.6) is 5.75 Å². The highest BCUT2D eigenvalue weighted by Crippen LogP contribution is 2.50. The maximum atomic E-state index is 11.7. The first-order chi connectivity index (χ1) is 12.6. The first-order valence-electron chi connectivity index (χ1n) is 8.97. The van der Waals surface area contributed by atoms with Crippen LogP contribution in [0.3, 0.4) is 0 Å². The fourth-order valence-electron chi connectivity index (χ4n) is 4.14. The van der Waals surface area contributed by atoms with Crippen LogP contribution in [0, 0.1) is 0 Å². The highest BCUT2D eigenvalue weighted by atomic mass is 16.5. The number of hydrogen-bond donors (Lipinski definition) is 1. The van der Waals surface area contributed by atoms with Crippen molar-refractivity contribution < 1.29 is 19.4 Å². The van der Waals surface area contributed by atoms with Crippen molar-refractivity contribution in [3.05, 3.63) is 65.2 Å². The zero-order valence-electron chi connectivity index (χ0n) is 14.9. The lowest BCUT2D eigenvalue weighted by Gasteiger charge is -2.39. The summed E-state index contributed by atoms with van der Waals surface area (Å²) in [6, 6.07) is 16.1. The second-order valence-electron chi connectivity index (χ2n) is 7.05. The molecule has 1 saturated heterocycles. The number of ether oxygens (including phenoxy) is 2. The Labute approximate surface area is 153 Å². The van der Waals surface area contributed by atoms with Gasteiger partial charge < -0.3 is 14.6 Å². The quantitative estimate of drug-likeness (QED) is 0.913. The molecule has 1 fully saturated rings. The van der Waals surface area contributed by atoms with E-state index in [9.17, 15) is 9.90 Å². The molecule has 0 saturated carbocycles. The standard InChI is InChI=1S/C21H23NO4/c1-25-16-7-8-18-17(13-16)19(20(23)24)26-21(18)9-11-22(12-10-21)14-15-5-3-2-4-6-15/h2-8,13,19H,9-12,14H2,1H3,(H,23,24). The van der Waals surface area contributed by atoms with Crippen molar-refractivity contribution in [1.82, 2.24) is 4.90 Å². The molecule has 0 amide bonds. The van der Waals surface area contributed by atoms with E-state index in [2.05, 4.69) is 29.2 Å². The number of carboxylic acid groups (broad SMARTS) is 1. The van der Waals surface area contributed by atoms with Crippen LogP contribution >= 0.6 is 0 Å². The molecule has 0 radical (unpaired) electrons. The van der Waals surface area contributed by atoms with Crippen molar-refractivity contribution in [3.63, 3.8) is 0 Å². The molecule has 0 aliphatic carbocycles. The minimum absolute atomic E-state index is 0.502. The van der Waals surface area contributed by atoms with Crippen molar-refractivity contribution >= 4 is 5.97 Å². The third kappa shape index (κ3) is 2.97. The third-order valence-electron chi connectivity index (χ3n) is 5.51. The fraction of sp³-hybridized carbons (Fsp3) is 0.381. The Kier molecular flexibility index (Phi) is 4.42. The Morgan fingerprint density at radius 1 is 1.23 bits per heavy atom. The van der Waals surface area contributed by atoms with Gasteiger partial charge in [0, 0.05) is 25.2 Å². The zero-order chi connectivity index (χ0) is 18.1. The van der Waals surface area contributed by atoms with Gasteiger partial charge in [-0.05, 0) is 36.1 Å². The number of likely N-dealkylation sites (tertiary alicyclic amines) is 1. The number of nitrogens with zero attached hydrogens (tertiary/aromatic N) is 1. The number of carboxylic acids is 1. The van der Waals surface area contributed by atoms with Gasteiger partial charge in [0.05, 0.1) is 12.7 Å². The lowest BCUT2D eigenvalue weighted by atomic mass is 9.83. The maximum Gasteiger partial charge on any atom is 0.337 e. The number of carbonyl (C=O) groups is 1. The summed E-state index contributed by atoms with van der Waals surface area (Å²) in [5.74, 6) is -0.278. The monoisotopic (exact) mass is 353 g/mol. The van der Waals surface area contributed by atoms with Crippen LogP contribution in [0.25, 0.3) is 0 Å². The first kappa shape index (κ1) is 17.1. The maximum absolute atomic E-state index is 11.7. The van der Waals surface area contributed by atoms with Crippen molar-refractivity contribution in [1.29, 1.82) is 0 Å². The molecule has 1 spiro atoms. The number of methoxy groups -OCH3 is 1. The first-order valence-corrected chi connectivity index (χ1v) is 8.97. The van der Waals surface area contributed by atoms with Crippen LogP contribution < -0.4 is 4.74 Å². The summed E-state index contributed by atoms with van der Waals surface area (Å²) in [7, 11) is 1.59. The largest absolute Gasteiger partial charge is 0.497 e. The molecule has 0 bridgehead atoms. The van der Waals surface area contributed by atoms with Gasteiger partial charge in [0.2, 0.25) is 0 Å². The number of benzene rings is 2. The van der Waals surface area contributed by atoms with E-state index in [4.69, 9.17) is 9.47 Å². The predicted molar refractivity (Wildman–Crippen MR) is 97.1 cm³/mol. The number of rotatable bonds is 4. The number of piperidine rings is 1. The lowest BCUT2D eigenvalue weighted by Crippen LogP contribution is -2.42. The van der Waals surface area contributed by atoms with E-state index in [0.717, 1.165) is 43.6 Å². The average Bonchev–Trinajstić information content (AvgIpc) is 2.98. The molecule has 4 rings (SSSR count). The van der Waals surface area contributed by atoms with E-state index in [1.54, 1.807) is 13.2 Å². The summed E-state index contributed by atoms with van der Waals surface area (Å²) in [6.45, 7) is 2.67. The van der Waals surface area contributed by atoms with Crippen LogP contribution in [0.2, 0.25) is 0 Å². The van der Waals surface area contributed by atoms with Gasteiger partial charge in [-0.2, -0.15) is 0 Å². The molecule has 2 aliphatic rings. The Balaban J connectivity index is 1.54. The summed E-state index contributed by atoms with van der Waals surface area (Å²) in [5.41, 5.74) is 2.53. The molecule has 2 aromatic carbocycles. The van der Waals surface area contributed by atoms with Crippen LogP contribution in [-0.2, 0) is 21.7 Å². The van der Waals surface area contributed by atoms with Gasteiger partial charge in [-0.3, -0.25) is 4.90 Å². The zero-order valence-corrected chi connectivity index (χ0v) is 14.9. The number of hydrogen-bond acceptors (Lipinski definition) is 4. The molecule has 2 aliphatic heterocycles. The summed E-state index contributed by atoms with van der Waals surface area (Å²) < 4.78 is 11.4. The van der Waals surface area contributed by atoms with Crippen LogP contribution in [-0.4, -0.2) is 36.2 Å². The van der Waals surface area contributed by atoms with Crippen LogP contribution in [0.1, 0.15) is 35.6 Å². The summed E-state index contributed by atoms with van der Waals surface area (Å²) >= 11 is 0. The van der Waals surface area contributed by atoms with Crippen molar-refractivity contribution in [2.75, 3.05) is 20.2 Å². The van der Waals surface area contributed by atoms with Gasteiger partial charge in [-0.25, -0.2) is 4.79 Å². The lowest BCUT2D eigenvalue weighted by molar-refractivity contribution is -0.166. The normalized spacial score (nSPS) is 21.5. The van der Waals surface area contributed by atoms with Gasteiger partial charge in [-0.15, -0.1) is 0 Å². The smallest absolute Gasteiger partial charge is 0.337 e. The molecular weight excluding hydrogens is 330 g/mol. The van der Waals surface area contributed by atoms with Gasteiger partial charge in [0.1, 0.15) is 5.75 Å². The van der Waals surface area contributed by atoms with E-state index in [0.29, 0.717) is 5.75 Å². The summed E-state index contributed by atoms with van der Waals surface area (Å²) in [6.07, 6.45) is 0.673. The van der Waals surface area contributed by atoms with E-state index < -0.39 is 17.7 Å². The molecule has 5 nitrogen and oxygen atoms in total. The van der Waals surface area contributed by atoms with E-state index in [-0.39, 0.29) is 0 Å². The summed E-state index contributed by atoms with van der Waals surface area (Å²) in [5, 5.41) is 9.61. The highest BCUT2D eigenvalue weighted by molar-refractivity contribution is 5.76. The van der Waals surface area contributed by atoms with Crippen molar-refractivity contribution in [2.24, 2.45) is 0 Å². The third-order valence-corrected chi connectivity index (χ3v) is 5.51. The molecule has 1 atom stereocenters. The molecule has 1 unspecified atom stereocenters. The molecule has 5 heteroatoms. The second kappa shape index (κ2) is 6.74. The molecular formula is C21H23NO4. The second-order valence-corrected chi connectivity index (χ2v) is 7.05. The molecule has 2 heterocycles. The predicted octanol–water partition coefficient (Wildman–Crippen LogP) is 3.34. The van der Waals surface area contributed by atoms with E-state index >= 15 is 0 Å². The van der Waals surface area contributed by atoms with Gasteiger partial charge in [0.25, 0.3) is 0 Å². The van der Waals surface area contributed by atoms with Gasteiger partial charge >= 0.3 is 5.97 Å². The van der Waals surface area contributed by atoms with Gasteiger partial charge in [0.15, 0.2) is 6.10 Å². The average molecular weight is 353 g/mol. The molecule has 136 valence electrons. The molecule has 0 aromatic heterocycles. The van der Waals surface area contributed by atoms with E-state index in [1.165, 1.54) is 5.56 Å². The Bertz CT molecular complexity index is 797. The number of aliphatic carboxylic acids is 1. The van der Waals surface area contributed by atoms with Crippen LogP contribution in [0.4, 0.5) is 0 Å². The number of fused-ring (bicyclic) bond motifs is 2. The van der Waals surface area contributed by atoms with Crippen molar-refractivity contribution in [3.8, 4) is 5.75 Å². The van der Waals surface area contributed by atoms with Gasteiger partial charge in [-0.1, -0.05) is 36.4 Å².